The number of Topliss-reactive ketones (excluding diaryl/α,β-unsaturated/α-hetero) is 1. The highest BCUT2D eigenvalue weighted by atomic mass is 32.2. The van der Waals surface area contributed by atoms with E-state index in [0.29, 0.717) is 48.4 Å². The molecule has 3 aromatic rings. The summed E-state index contributed by atoms with van der Waals surface area (Å²) in [6, 6.07) is 21.0. The summed E-state index contributed by atoms with van der Waals surface area (Å²) in [5.41, 5.74) is 3.23. The molecule has 0 amide bonds. The lowest BCUT2D eigenvalue weighted by Crippen LogP contribution is -2.49. The Morgan fingerprint density at radius 2 is 2.03 bits per heavy atom. The number of nitrogens with one attached hydrogen (secondary N) is 2. The van der Waals surface area contributed by atoms with E-state index >= 15 is 0 Å². The van der Waals surface area contributed by atoms with Crippen LogP contribution in [-0.2, 0) is 0 Å². The molecule has 2 aliphatic rings. The average molecular weight is 510 g/mol. The number of carbonyl (C=O) groups is 1. The monoisotopic (exact) mass is 509 g/mol. The first-order chi connectivity index (χ1) is 18.0. The van der Waals surface area contributed by atoms with Crippen molar-refractivity contribution < 1.29 is 9.18 Å². The number of rotatable bonds is 7. The number of pyridine rings is 1. The third kappa shape index (κ3) is 5.10. The molecule has 2 N–H and O–H groups in total. The summed E-state index contributed by atoms with van der Waals surface area (Å²) in [5.74, 6) is -0.394. The standard InChI is InChI=1S/C29H24FN5OS/c30-23-7-9-24(10-8-23)34-27-15-22-11-13-35(37-25-5-3-4-20(14-25)17-31)19-29(22,16-21(27)18-32)28(36)26-6-1-2-12-33-26/h1-10,12,14-15,18,32,34H,11,13,16,19H2. The number of nitrogens with zero attached hydrogens (tertiary/aromatic N) is 3. The zero-order valence-corrected chi connectivity index (χ0v) is 20.8. The molecule has 0 spiro atoms. The molecule has 1 atom stereocenters. The molecule has 2 aromatic carbocycles. The van der Waals surface area contributed by atoms with Crippen LogP contribution in [0, 0.1) is 28.0 Å². The van der Waals surface area contributed by atoms with Gasteiger partial charge in [0.05, 0.1) is 17.0 Å². The Labute approximate surface area is 219 Å². The molecular formula is C29H24FN5OS. The number of ketones is 1. The number of fused-ring (bicyclic) bond motifs is 1. The molecule has 1 aromatic heterocycles. The van der Waals surface area contributed by atoms with Gasteiger partial charge in [0, 0.05) is 41.8 Å². The lowest BCUT2D eigenvalue weighted by Gasteiger charge is -2.45. The Kier molecular flexibility index (Phi) is 6.99. The summed E-state index contributed by atoms with van der Waals surface area (Å²) >= 11 is 1.53. The van der Waals surface area contributed by atoms with Gasteiger partial charge in [0.2, 0.25) is 0 Å². The number of piperidine rings is 1. The molecule has 1 unspecified atom stereocenters. The largest absolute Gasteiger partial charge is 0.355 e. The third-order valence-electron chi connectivity index (χ3n) is 6.68. The normalized spacial score (nSPS) is 19.4. The van der Waals surface area contributed by atoms with Gasteiger partial charge in [0.15, 0.2) is 5.78 Å². The second-order valence-corrected chi connectivity index (χ2v) is 10.2. The van der Waals surface area contributed by atoms with Crippen molar-refractivity contribution in [3.63, 3.8) is 0 Å². The average Bonchev–Trinajstić information content (AvgIpc) is 2.94. The molecule has 5 rings (SSSR count). The molecule has 1 aliphatic carbocycles. The summed E-state index contributed by atoms with van der Waals surface area (Å²) in [6.45, 7) is 1.16. The van der Waals surface area contributed by atoms with Gasteiger partial charge >= 0.3 is 0 Å². The Hall–Kier alpha value is -4.06. The zero-order valence-electron chi connectivity index (χ0n) is 19.9. The van der Waals surface area contributed by atoms with E-state index in [2.05, 4.69) is 20.7 Å². The van der Waals surface area contributed by atoms with Gasteiger partial charge in [-0.05, 0) is 91.0 Å². The first-order valence-corrected chi connectivity index (χ1v) is 12.6. The second-order valence-electron chi connectivity index (χ2n) is 9.03. The molecule has 0 radical (unpaired) electrons. The van der Waals surface area contributed by atoms with Crippen LogP contribution in [-0.4, -0.2) is 34.4 Å². The van der Waals surface area contributed by atoms with E-state index in [0.717, 1.165) is 16.2 Å². The van der Waals surface area contributed by atoms with Crippen LogP contribution in [0.1, 0.15) is 28.9 Å². The second kappa shape index (κ2) is 10.5. The van der Waals surface area contributed by atoms with Crippen LogP contribution in [0.15, 0.2) is 101 Å². The molecule has 8 heteroatoms. The fourth-order valence-corrected chi connectivity index (χ4v) is 5.94. The number of hydrogen-bond acceptors (Lipinski definition) is 7. The van der Waals surface area contributed by atoms with Gasteiger partial charge in [-0.2, -0.15) is 5.26 Å². The summed E-state index contributed by atoms with van der Waals surface area (Å²) in [5, 5.41) is 20.7. The highest BCUT2D eigenvalue weighted by molar-refractivity contribution is 7.97. The number of carbonyl (C=O) groups excluding carboxylic acids is 1. The Morgan fingerprint density at radius 3 is 2.76 bits per heavy atom. The maximum absolute atomic E-state index is 14.1. The van der Waals surface area contributed by atoms with E-state index in [9.17, 15) is 14.4 Å². The Bertz CT molecular complexity index is 1450. The summed E-state index contributed by atoms with van der Waals surface area (Å²) in [7, 11) is 0. The predicted octanol–water partition coefficient (Wildman–Crippen LogP) is 6.02. The third-order valence-corrected chi connectivity index (χ3v) is 7.71. The van der Waals surface area contributed by atoms with Crippen molar-refractivity contribution in [1.29, 1.82) is 10.7 Å². The molecular weight excluding hydrogens is 485 g/mol. The van der Waals surface area contributed by atoms with Crippen molar-refractivity contribution in [3.05, 3.63) is 113 Å². The van der Waals surface area contributed by atoms with Crippen molar-refractivity contribution >= 4 is 29.6 Å². The van der Waals surface area contributed by atoms with Gasteiger partial charge in [0.1, 0.15) is 11.5 Å². The minimum absolute atomic E-state index is 0.0735. The van der Waals surface area contributed by atoms with E-state index < -0.39 is 5.41 Å². The SMILES string of the molecule is N#Cc1cccc(SN2CCC3=CC(Nc4ccc(F)cc4)=C(C=N)CC3(C(=O)c3ccccn3)C2)c1. The maximum atomic E-state index is 14.1. The van der Waals surface area contributed by atoms with E-state index in [1.54, 1.807) is 42.6 Å². The fourth-order valence-electron chi connectivity index (χ4n) is 4.86. The number of hydrogen-bond donors (Lipinski definition) is 2. The smallest absolute Gasteiger partial charge is 0.192 e. The molecule has 1 fully saturated rings. The minimum atomic E-state index is -0.882. The van der Waals surface area contributed by atoms with Crippen molar-refractivity contribution in [2.24, 2.45) is 5.41 Å². The first-order valence-electron chi connectivity index (χ1n) is 11.9. The fraction of sp³-hybridized carbons (Fsp3) is 0.172. The summed E-state index contributed by atoms with van der Waals surface area (Å²) in [4.78, 5) is 19.4. The minimum Gasteiger partial charge on any atom is -0.355 e. The number of nitriles is 1. The van der Waals surface area contributed by atoms with Crippen molar-refractivity contribution in [3.8, 4) is 6.07 Å². The summed E-state index contributed by atoms with van der Waals surface area (Å²) in [6.07, 6.45) is 5.88. The molecule has 0 saturated carbocycles. The van der Waals surface area contributed by atoms with Crippen LogP contribution in [0.2, 0.25) is 0 Å². The van der Waals surface area contributed by atoms with E-state index in [-0.39, 0.29) is 11.6 Å². The van der Waals surface area contributed by atoms with Crippen LogP contribution in [0.5, 0.6) is 0 Å². The van der Waals surface area contributed by atoms with E-state index in [4.69, 9.17) is 5.41 Å². The number of allylic oxidation sites excluding steroid dienone is 2. The highest BCUT2D eigenvalue weighted by Gasteiger charge is 2.49. The number of aromatic nitrogens is 1. The van der Waals surface area contributed by atoms with Gasteiger partial charge in [0.25, 0.3) is 0 Å². The zero-order chi connectivity index (χ0) is 25.8. The highest BCUT2D eigenvalue weighted by Crippen LogP contribution is 2.48. The van der Waals surface area contributed by atoms with Crippen LogP contribution in [0.25, 0.3) is 0 Å². The van der Waals surface area contributed by atoms with Crippen molar-refractivity contribution in [2.75, 3.05) is 18.4 Å². The number of anilines is 1. The van der Waals surface area contributed by atoms with Gasteiger partial charge in [-0.25, -0.2) is 8.70 Å². The van der Waals surface area contributed by atoms with E-state index in [1.165, 1.54) is 30.3 Å². The molecule has 0 bridgehead atoms. The molecule has 37 heavy (non-hydrogen) atoms. The summed E-state index contributed by atoms with van der Waals surface area (Å²) < 4.78 is 15.6. The van der Waals surface area contributed by atoms with Gasteiger partial charge in [-0.15, -0.1) is 0 Å². The molecule has 1 aliphatic heterocycles. The topological polar surface area (TPSA) is 92.9 Å². The van der Waals surface area contributed by atoms with Gasteiger partial charge in [-0.3, -0.25) is 9.78 Å². The van der Waals surface area contributed by atoms with Crippen LogP contribution in [0.3, 0.4) is 0 Å². The molecule has 2 heterocycles. The van der Waals surface area contributed by atoms with Crippen LogP contribution >= 0.6 is 11.9 Å². The quantitative estimate of drug-likeness (QED) is 0.230. The van der Waals surface area contributed by atoms with E-state index in [1.807, 2.05) is 24.3 Å². The number of halogens is 1. The van der Waals surface area contributed by atoms with Crippen LogP contribution < -0.4 is 5.32 Å². The number of benzene rings is 2. The Morgan fingerprint density at radius 1 is 1.19 bits per heavy atom. The molecule has 184 valence electrons. The lowest BCUT2D eigenvalue weighted by atomic mass is 9.65. The van der Waals surface area contributed by atoms with Crippen molar-refractivity contribution in [2.45, 2.75) is 17.7 Å². The van der Waals surface area contributed by atoms with Crippen molar-refractivity contribution in [1.82, 2.24) is 9.29 Å². The molecule has 1 saturated heterocycles. The Balaban J connectivity index is 1.50. The predicted molar refractivity (Wildman–Crippen MR) is 143 cm³/mol. The van der Waals surface area contributed by atoms with Crippen LogP contribution in [0.4, 0.5) is 10.1 Å². The lowest BCUT2D eigenvalue weighted by molar-refractivity contribution is 0.0775. The first kappa shape index (κ1) is 24.6. The molecule has 6 nitrogen and oxygen atoms in total. The maximum Gasteiger partial charge on any atom is 0.192 e. The van der Waals surface area contributed by atoms with Gasteiger partial charge < -0.3 is 10.7 Å². The van der Waals surface area contributed by atoms with Gasteiger partial charge in [-0.1, -0.05) is 17.7 Å².